The van der Waals surface area contributed by atoms with Gasteiger partial charge in [-0.25, -0.2) is 0 Å². The summed E-state index contributed by atoms with van der Waals surface area (Å²) in [6, 6.07) is 0. The third kappa shape index (κ3) is 5.21. The van der Waals surface area contributed by atoms with Crippen molar-refractivity contribution in [2.24, 2.45) is 11.5 Å². The van der Waals surface area contributed by atoms with Gasteiger partial charge >= 0.3 is 0 Å². The highest BCUT2D eigenvalue weighted by Gasteiger charge is 1.85. The molecule has 3 heteroatoms. The standard InChI is InChI=1S/C8H14N2O/c1-2-3-7(9)4-5-8(10)6-11/h4-6H,2-3,9-10H2,1H3/b7-4-,8-5-. The summed E-state index contributed by atoms with van der Waals surface area (Å²) in [5, 5.41) is 0. The predicted molar refractivity (Wildman–Crippen MR) is 45.5 cm³/mol. The molecule has 0 aliphatic rings. The average Bonchev–Trinajstić information content (AvgIpc) is 2.01. The molecule has 0 spiro atoms. The van der Waals surface area contributed by atoms with E-state index in [1.807, 2.05) is 6.92 Å². The maximum atomic E-state index is 10.0. The number of hydrogen-bond donors (Lipinski definition) is 2. The van der Waals surface area contributed by atoms with Gasteiger partial charge in [-0.1, -0.05) is 13.3 Å². The smallest absolute Gasteiger partial charge is 0.165 e. The molecular formula is C8H14N2O. The normalized spacial score (nSPS) is 13.2. The molecule has 0 atom stereocenters. The van der Waals surface area contributed by atoms with Gasteiger partial charge in [-0.05, 0) is 18.6 Å². The van der Waals surface area contributed by atoms with Crippen molar-refractivity contribution in [3.63, 3.8) is 0 Å². The van der Waals surface area contributed by atoms with Crippen LogP contribution in [0.4, 0.5) is 0 Å². The Kier molecular flexibility index (Phi) is 4.90. The van der Waals surface area contributed by atoms with Crippen molar-refractivity contribution >= 4 is 6.29 Å². The molecule has 0 fully saturated rings. The first kappa shape index (κ1) is 9.75. The predicted octanol–water partition coefficient (Wildman–Crippen LogP) is 0.671. The van der Waals surface area contributed by atoms with Gasteiger partial charge in [-0.15, -0.1) is 0 Å². The second-order valence-corrected chi connectivity index (χ2v) is 2.28. The molecule has 0 saturated heterocycles. The van der Waals surface area contributed by atoms with Gasteiger partial charge in [0.05, 0.1) is 5.70 Å². The Hall–Kier alpha value is -1.25. The van der Waals surface area contributed by atoms with Gasteiger partial charge in [0.15, 0.2) is 6.29 Å². The van der Waals surface area contributed by atoms with Crippen LogP contribution in [0.5, 0.6) is 0 Å². The van der Waals surface area contributed by atoms with Crippen molar-refractivity contribution in [1.29, 1.82) is 0 Å². The summed E-state index contributed by atoms with van der Waals surface area (Å²) in [6.45, 7) is 2.04. The third-order valence-corrected chi connectivity index (χ3v) is 1.16. The molecule has 0 radical (unpaired) electrons. The van der Waals surface area contributed by atoms with Gasteiger partial charge in [0, 0.05) is 5.70 Å². The molecule has 0 saturated carbocycles. The van der Waals surface area contributed by atoms with Crippen LogP contribution in [0.3, 0.4) is 0 Å². The Morgan fingerprint density at radius 2 is 2.00 bits per heavy atom. The van der Waals surface area contributed by atoms with Crippen LogP contribution < -0.4 is 11.5 Å². The summed E-state index contributed by atoms with van der Waals surface area (Å²) in [7, 11) is 0. The molecule has 4 N–H and O–H groups in total. The Balaban J connectivity index is 3.99. The molecule has 0 aromatic heterocycles. The zero-order valence-electron chi connectivity index (χ0n) is 6.71. The number of allylic oxidation sites excluding steroid dienone is 4. The fraction of sp³-hybridized carbons (Fsp3) is 0.375. The molecule has 0 rings (SSSR count). The van der Waals surface area contributed by atoms with Crippen molar-refractivity contribution in [2.45, 2.75) is 19.8 Å². The highest BCUT2D eigenvalue weighted by Crippen LogP contribution is 1.96. The Labute approximate surface area is 66.8 Å². The molecule has 0 bridgehead atoms. The van der Waals surface area contributed by atoms with E-state index in [0.29, 0.717) is 6.29 Å². The molecular weight excluding hydrogens is 140 g/mol. The Bertz CT molecular complexity index is 183. The molecule has 0 aliphatic carbocycles. The van der Waals surface area contributed by atoms with Crippen LogP contribution in [-0.2, 0) is 4.79 Å². The minimum atomic E-state index is 0.198. The number of carbonyl (C=O) groups is 1. The lowest BCUT2D eigenvalue weighted by Gasteiger charge is -1.94. The maximum absolute atomic E-state index is 10.0. The first-order chi connectivity index (χ1) is 5.20. The number of hydrogen-bond acceptors (Lipinski definition) is 3. The average molecular weight is 154 g/mol. The second kappa shape index (κ2) is 5.53. The lowest BCUT2D eigenvalue weighted by Crippen LogP contribution is -1.99. The summed E-state index contributed by atoms with van der Waals surface area (Å²) in [4.78, 5) is 10.0. The number of rotatable bonds is 4. The summed E-state index contributed by atoms with van der Waals surface area (Å²) < 4.78 is 0. The molecule has 62 valence electrons. The van der Waals surface area contributed by atoms with Gasteiger partial charge in [0.1, 0.15) is 0 Å². The molecule has 11 heavy (non-hydrogen) atoms. The molecule has 0 unspecified atom stereocenters. The number of carbonyl (C=O) groups excluding carboxylic acids is 1. The fourth-order valence-electron chi connectivity index (χ4n) is 0.615. The quantitative estimate of drug-likeness (QED) is 0.355. The molecule has 3 nitrogen and oxygen atoms in total. The van der Waals surface area contributed by atoms with Crippen LogP contribution in [0.25, 0.3) is 0 Å². The third-order valence-electron chi connectivity index (χ3n) is 1.16. The van der Waals surface area contributed by atoms with Crippen molar-refractivity contribution in [3.8, 4) is 0 Å². The SMILES string of the molecule is CCC/C(N)=C/C=C(\N)C=O. The van der Waals surface area contributed by atoms with Gasteiger partial charge in [0.25, 0.3) is 0 Å². The lowest BCUT2D eigenvalue weighted by molar-refractivity contribution is -0.104. The van der Waals surface area contributed by atoms with Gasteiger partial charge in [-0.2, -0.15) is 0 Å². The van der Waals surface area contributed by atoms with E-state index in [-0.39, 0.29) is 5.70 Å². The number of nitrogens with two attached hydrogens (primary N) is 2. The van der Waals surface area contributed by atoms with E-state index in [2.05, 4.69) is 0 Å². The van der Waals surface area contributed by atoms with Crippen molar-refractivity contribution < 1.29 is 4.79 Å². The number of aldehydes is 1. The van der Waals surface area contributed by atoms with E-state index >= 15 is 0 Å². The van der Waals surface area contributed by atoms with Crippen LogP contribution in [0, 0.1) is 0 Å². The first-order valence-electron chi connectivity index (χ1n) is 3.57. The van der Waals surface area contributed by atoms with Crippen LogP contribution in [0.2, 0.25) is 0 Å². The summed E-state index contributed by atoms with van der Waals surface area (Å²) >= 11 is 0. The molecule has 0 amide bonds. The maximum Gasteiger partial charge on any atom is 0.165 e. The zero-order chi connectivity index (χ0) is 8.69. The molecule has 0 heterocycles. The van der Waals surface area contributed by atoms with E-state index in [0.717, 1.165) is 18.5 Å². The molecule has 0 aromatic carbocycles. The van der Waals surface area contributed by atoms with Crippen LogP contribution in [0.15, 0.2) is 23.5 Å². The molecule has 0 aromatic rings. The zero-order valence-corrected chi connectivity index (χ0v) is 6.71. The van der Waals surface area contributed by atoms with Crippen LogP contribution in [0.1, 0.15) is 19.8 Å². The van der Waals surface area contributed by atoms with Crippen LogP contribution >= 0.6 is 0 Å². The van der Waals surface area contributed by atoms with Crippen molar-refractivity contribution in [1.82, 2.24) is 0 Å². The van der Waals surface area contributed by atoms with Crippen molar-refractivity contribution in [3.05, 3.63) is 23.5 Å². The summed E-state index contributed by atoms with van der Waals surface area (Å²) in [5.41, 5.74) is 11.7. The van der Waals surface area contributed by atoms with E-state index in [1.165, 1.54) is 6.08 Å². The minimum absolute atomic E-state index is 0.198. The molecule has 0 aliphatic heterocycles. The van der Waals surface area contributed by atoms with E-state index < -0.39 is 0 Å². The van der Waals surface area contributed by atoms with Crippen LogP contribution in [-0.4, -0.2) is 6.29 Å². The largest absolute Gasteiger partial charge is 0.402 e. The Morgan fingerprint density at radius 3 is 2.45 bits per heavy atom. The van der Waals surface area contributed by atoms with Gasteiger partial charge < -0.3 is 11.5 Å². The monoisotopic (exact) mass is 154 g/mol. The Morgan fingerprint density at radius 1 is 1.36 bits per heavy atom. The van der Waals surface area contributed by atoms with Gasteiger partial charge in [0.2, 0.25) is 0 Å². The lowest BCUT2D eigenvalue weighted by atomic mass is 10.2. The van der Waals surface area contributed by atoms with E-state index in [1.54, 1.807) is 6.08 Å². The van der Waals surface area contributed by atoms with Crippen molar-refractivity contribution in [2.75, 3.05) is 0 Å². The first-order valence-corrected chi connectivity index (χ1v) is 3.57. The summed E-state index contributed by atoms with van der Waals surface area (Å²) in [6.07, 6.45) is 5.60. The second-order valence-electron chi connectivity index (χ2n) is 2.28. The van der Waals surface area contributed by atoms with E-state index in [4.69, 9.17) is 11.5 Å². The highest BCUT2D eigenvalue weighted by molar-refractivity contribution is 5.72. The van der Waals surface area contributed by atoms with Gasteiger partial charge in [-0.3, -0.25) is 4.79 Å². The van der Waals surface area contributed by atoms with E-state index in [9.17, 15) is 4.79 Å². The highest BCUT2D eigenvalue weighted by atomic mass is 16.1. The summed E-state index contributed by atoms with van der Waals surface area (Å²) in [5.74, 6) is 0. The minimum Gasteiger partial charge on any atom is -0.402 e. The topological polar surface area (TPSA) is 69.1 Å². The fourth-order valence-corrected chi connectivity index (χ4v) is 0.615.